The fraction of sp³-hybridized carbons (Fsp3) is 1.00. The Morgan fingerprint density at radius 3 is 2.64 bits per heavy atom. The second-order valence-electron chi connectivity index (χ2n) is 3.60. The van der Waals surface area contributed by atoms with Gasteiger partial charge < -0.3 is 14.7 Å². The zero-order chi connectivity index (χ0) is 8.48. The Kier molecular flexibility index (Phi) is 2.52. The minimum Gasteiger partial charge on any atom is -0.386 e. The monoisotopic (exact) mass is 159 g/mol. The molecule has 2 atom stereocenters. The van der Waals surface area contributed by atoms with Gasteiger partial charge in [-0.2, -0.15) is 0 Å². The van der Waals surface area contributed by atoms with Gasteiger partial charge >= 0.3 is 0 Å². The van der Waals surface area contributed by atoms with E-state index in [-0.39, 0.29) is 6.10 Å². The standard InChI is InChI=1S/C8H17NO2/c1-7-8(10,4-5-11-7)6-9(2)3/h7,10H,4-6H2,1-3H3. The van der Waals surface area contributed by atoms with Crippen molar-refractivity contribution in [2.45, 2.75) is 25.0 Å². The summed E-state index contributed by atoms with van der Waals surface area (Å²) in [6, 6.07) is 0. The molecule has 1 rings (SSSR count). The van der Waals surface area contributed by atoms with Gasteiger partial charge in [0.25, 0.3) is 0 Å². The van der Waals surface area contributed by atoms with E-state index in [1.54, 1.807) is 0 Å². The molecule has 0 aromatic heterocycles. The van der Waals surface area contributed by atoms with Crippen LogP contribution in [0.1, 0.15) is 13.3 Å². The molecule has 1 heterocycles. The van der Waals surface area contributed by atoms with Crippen molar-refractivity contribution in [3.05, 3.63) is 0 Å². The van der Waals surface area contributed by atoms with Crippen molar-refractivity contribution >= 4 is 0 Å². The van der Waals surface area contributed by atoms with Gasteiger partial charge in [0.1, 0.15) is 5.60 Å². The number of hydrogen-bond acceptors (Lipinski definition) is 3. The minimum absolute atomic E-state index is 0.0232. The summed E-state index contributed by atoms with van der Waals surface area (Å²) in [6.45, 7) is 3.30. The Morgan fingerprint density at radius 2 is 2.27 bits per heavy atom. The molecule has 0 spiro atoms. The normalized spacial score (nSPS) is 38.5. The van der Waals surface area contributed by atoms with Crippen LogP contribution in [0.25, 0.3) is 0 Å². The van der Waals surface area contributed by atoms with Gasteiger partial charge in [-0.1, -0.05) is 0 Å². The van der Waals surface area contributed by atoms with Gasteiger partial charge in [0.05, 0.1) is 6.10 Å². The first-order chi connectivity index (χ1) is 5.04. The van der Waals surface area contributed by atoms with Crippen molar-refractivity contribution in [2.75, 3.05) is 27.2 Å². The Bertz CT molecular complexity index is 138. The van der Waals surface area contributed by atoms with Gasteiger partial charge in [0, 0.05) is 19.6 Å². The topological polar surface area (TPSA) is 32.7 Å². The maximum Gasteiger partial charge on any atom is 0.105 e. The maximum atomic E-state index is 9.96. The molecule has 1 aliphatic heterocycles. The van der Waals surface area contributed by atoms with Crippen LogP contribution in [0, 0.1) is 0 Å². The summed E-state index contributed by atoms with van der Waals surface area (Å²) >= 11 is 0. The first kappa shape index (κ1) is 8.97. The van der Waals surface area contributed by atoms with Gasteiger partial charge in [-0.05, 0) is 21.0 Å². The Labute approximate surface area is 68.0 Å². The van der Waals surface area contributed by atoms with Gasteiger partial charge in [0.15, 0.2) is 0 Å². The Hall–Kier alpha value is -0.120. The summed E-state index contributed by atoms with van der Waals surface area (Å²) in [5.74, 6) is 0. The largest absolute Gasteiger partial charge is 0.386 e. The molecule has 3 heteroatoms. The van der Waals surface area contributed by atoms with Crippen LogP contribution in [-0.4, -0.2) is 49.0 Å². The predicted octanol–water partition coefficient (Wildman–Crippen LogP) is 0.0879. The molecule has 0 radical (unpaired) electrons. The molecule has 0 saturated carbocycles. The van der Waals surface area contributed by atoms with Crippen LogP contribution < -0.4 is 0 Å². The second-order valence-corrected chi connectivity index (χ2v) is 3.60. The molecule has 1 saturated heterocycles. The summed E-state index contributed by atoms with van der Waals surface area (Å²) in [5, 5.41) is 9.96. The number of likely N-dealkylation sites (N-methyl/N-ethyl adjacent to an activating group) is 1. The third-order valence-corrected chi connectivity index (χ3v) is 2.25. The minimum atomic E-state index is -0.622. The van der Waals surface area contributed by atoms with Crippen molar-refractivity contribution < 1.29 is 9.84 Å². The van der Waals surface area contributed by atoms with Crippen LogP contribution in [0.5, 0.6) is 0 Å². The van der Waals surface area contributed by atoms with Crippen LogP contribution >= 0.6 is 0 Å². The maximum absolute atomic E-state index is 9.96. The summed E-state index contributed by atoms with van der Waals surface area (Å²) in [4.78, 5) is 1.99. The summed E-state index contributed by atoms with van der Waals surface area (Å²) < 4.78 is 5.29. The molecule has 3 nitrogen and oxygen atoms in total. The molecule has 0 bridgehead atoms. The lowest BCUT2D eigenvalue weighted by Gasteiger charge is -2.28. The highest BCUT2D eigenvalue weighted by molar-refractivity contribution is 4.91. The first-order valence-electron chi connectivity index (χ1n) is 4.03. The molecule has 1 N–H and O–H groups in total. The molecule has 11 heavy (non-hydrogen) atoms. The zero-order valence-corrected chi connectivity index (χ0v) is 7.50. The van der Waals surface area contributed by atoms with Gasteiger partial charge in [-0.15, -0.1) is 0 Å². The molecular weight excluding hydrogens is 142 g/mol. The van der Waals surface area contributed by atoms with E-state index in [1.165, 1.54) is 0 Å². The van der Waals surface area contributed by atoms with E-state index in [9.17, 15) is 5.11 Å². The molecule has 0 aromatic rings. The summed E-state index contributed by atoms with van der Waals surface area (Å²) in [5.41, 5.74) is -0.622. The molecule has 1 fully saturated rings. The van der Waals surface area contributed by atoms with Crippen LogP contribution in [0.15, 0.2) is 0 Å². The number of aliphatic hydroxyl groups is 1. The van der Waals surface area contributed by atoms with E-state index < -0.39 is 5.60 Å². The van der Waals surface area contributed by atoms with Crippen molar-refractivity contribution in [1.29, 1.82) is 0 Å². The van der Waals surface area contributed by atoms with Crippen LogP contribution in [0.3, 0.4) is 0 Å². The Balaban J connectivity index is 2.51. The van der Waals surface area contributed by atoms with E-state index in [2.05, 4.69) is 0 Å². The number of nitrogens with zero attached hydrogens (tertiary/aromatic N) is 1. The van der Waals surface area contributed by atoms with Crippen molar-refractivity contribution in [3.63, 3.8) is 0 Å². The van der Waals surface area contributed by atoms with Crippen molar-refractivity contribution in [2.24, 2.45) is 0 Å². The third-order valence-electron chi connectivity index (χ3n) is 2.25. The summed E-state index contributed by atoms with van der Waals surface area (Å²) in [6.07, 6.45) is 0.733. The van der Waals surface area contributed by atoms with Gasteiger partial charge in [-0.3, -0.25) is 0 Å². The van der Waals surface area contributed by atoms with Crippen LogP contribution in [-0.2, 0) is 4.74 Å². The average molecular weight is 159 g/mol. The molecule has 66 valence electrons. The van der Waals surface area contributed by atoms with E-state index in [4.69, 9.17) is 4.74 Å². The second kappa shape index (κ2) is 3.09. The van der Waals surface area contributed by atoms with E-state index in [0.29, 0.717) is 13.2 Å². The first-order valence-corrected chi connectivity index (χ1v) is 4.03. The molecule has 0 aromatic carbocycles. The molecule has 0 amide bonds. The van der Waals surface area contributed by atoms with E-state index >= 15 is 0 Å². The van der Waals surface area contributed by atoms with Crippen LogP contribution in [0.4, 0.5) is 0 Å². The average Bonchev–Trinajstić information content (AvgIpc) is 2.11. The summed E-state index contributed by atoms with van der Waals surface area (Å²) in [7, 11) is 3.92. The van der Waals surface area contributed by atoms with Gasteiger partial charge in [0.2, 0.25) is 0 Å². The van der Waals surface area contributed by atoms with Crippen molar-refractivity contribution in [3.8, 4) is 0 Å². The Morgan fingerprint density at radius 1 is 1.64 bits per heavy atom. The SMILES string of the molecule is CC1OCCC1(O)CN(C)C. The predicted molar refractivity (Wildman–Crippen MR) is 43.5 cm³/mol. The lowest BCUT2D eigenvalue weighted by atomic mass is 9.96. The third kappa shape index (κ3) is 1.92. The molecule has 2 unspecified atom stereocenters. The zero-order valence-electron chi connectivity index (χ0n) is 7.50. The lowest BCUT2D eigenvalue weighted by molar-refractivity contribution is -0.0415. The fourth-order valence-corrected chi connectivity index (χ4v) is 1.53. The van der Waals surface area contributed by atoms with Gasteiger partial charge in [-0.25, -0.2) is 0 Å². The smallest absolute Gasteiger partial charge is 0.105 e. The highest BCUT2D eigenvalue weighted by Crippen LogP contribution is 2.25. The van der Waals surface area contributed by atoms with E-state index in [0.717, 1.165) is 6.42 Å². The highest BCUT2D eigenvalue weighted by atomic mass is 16.5. The highest BCUT2D eigenvalue weighted by Gasteiger charge is 2.39. The lowest BCUT2D eigenvalue weighted by Crippen LogP contribution is -2.45. The molecule has 0 aliphatic carbocycles. The number of hydrogen-bond donors (Lipinski definition) is 1. The van der Waals surface area contributed by atoms with Crippen LogP contribution in [0.2, 0.25) is 0 Å². The van der Waals surface area contributed by atoms with Crippen molar-refractivity contribution in [1.82, 2.24) is 4.90 Å². The molecular formula is C8H17NO2. The quantitative estimate of drug-likeness (QED) is 0.619. The fourth-order valence-electron chi connectivity index (χ4n) is 1.53. The van der Waals surface area contributed by atoms with E-state index in [1.807, 2.05) is 25.9 Å². The number of rotatable bonds is 2. The number of ether oxygens (including phenoxy) is 1. The molecule has 1 aliphatic rings.